The predicted octanol–water partition coefficient (Wildman–Crippen LogP) is 1.07. The summed E-state index contributed by atoms with van der Waals surface area (Å²) in [6.45, 7) is 4.68. The molecule has 1 aromatic carbocycles. The number of nitrogens with zero attached hydrogens (tertiary/aromatic N) is 1. The molecule has 1 aliphatic rings. The van der Waals surface area contributed by atoms with E-state index in [1.54, 1.807) is 14.2 Å². The first-order chi connectivity index (χ1) is 10.2. The Labute approximate surface area is 149 Å². The van der Waals surface area contributed by atoms with Gasteiger partial charge in [0.15, 0.2) is 11.5 Å². The van der Waals surface area contributed by atoms with E-state index in [-0.39, 0.29) is 30.7 Å². The summed E-state index contributed by atoms with van der Waals surface area (Å²) in [5, 5.41) is 6.21. The second-order valence-corrected chi connectivity index (χ2v) is 4.99. The van der Waals surface area contributed by atoms with Gasteiger partial charge >= 0.3 is 0 Å². The van der Waals surface area contributed by atoms with Gasteiger partial charge in [-0.15, -0.1) is 24.8 Å². The highest BCUT2D eigenvalue weighted by Crippen LogP contribution is 2.27. The van der Waals surface area contributed by atoms with Crippen LogP contribution in [0.25, 0.3) is 0 Å². The predicted molar refractivity (Wildman–Crippen MR) is 95.2 cm³/mol. The lowest BCUT2D eigenvalue weighted by Gasteiger charge is -2.26. The Morgan fingerprint density at radius 2 is 1.83 bits per heavy atom. The van der Waals surface area contributed by atoms with Gasteiger partial charge in [-0.3, -0.25) is 9.69 Å². The molecule has 1 aliphatic heterocycles. The van der Waals surface area contributed by atoms with E-state index >= 15 is 0 Å². The third-order valence-corrected chi connectivity index (χ3v) is 3.51. The van der Waals surface area contributed by atoms with Crippen molar-refractivity contribution in [3.05, 3.63) is 23.8 Å². The number of ether oxygens (including phenoxy) is 2. The zero-order chi connectivity index (χ0) is 15.1. The van der Waals surface area contributed by atoms with Crippen molar-refractivity contribution in [2.45, 2.75) is 6.54 Å². The molecule has 23 heavy (non-hydrogen) atoms. The zero-order valence-electron chi connectivity index (χ0n) is 13.5. The SMILES string of the molecule is COc1ccc(CNC(=O)CN2CCNCC2)cc1OC.Cl.Cl. The van der Waals surface area contributed by atoms with E-state index in [1.165, 1.54) is 0 Å². The van der Waals surface area contributed by atoms with Gasteiger partial charge in [0.05, 0.1) is 20.8 Å². The fourth-order valence-corrected chi connectivity index (χ4v) is 2.32. The van der Waals surface area contributed by atoms with E-state index in [0.29, 0.717) is 24.6 Å². The van der Waals surface area contributed by atoms with Crippen LogP contribution in [0.1, 0.15) is 5.56 Å². The lowest BCUT2D eigenvalue weighted by molar-refractivity contribution is -0.122. The van der Waals surface area contributed by atoms with Crippen LogP contribution < -0.4 is 20.1 Å². The topological polar surface area (TPSA) is 62.8 Å². The Morgan fingerprint density at radius 3 is 2.43 bits per heavy atom. The summed E-state index contributed by atoms with van der Waals surface area (Å²) in [7, 11) is 3.21. The number of amides is 1. The molecule has 0 aromatic heterocycles. The van der Waals surface area contributed by atoms with Gasteiger partial charge in [0.25, 0.3) is 0 Å². The summed E-state index contributed by atoms with van der Waals surface area (Å²) in [6, 6.07) is 5.65. The van der Waals surface area contributed by atoms with Crippen LogP contribution >= 0.6 is 24.8 Å². The quantitative estimate of drug-likeness (QED) is 0.789. The lowest BCUT2D eigenvalue weighted by atomic mass is 10.2. The molecule has 0 bridgehead atoms. The Kier molecular flexibility index (Phi) is 10.7. The molecule has 0 atom stereocenters. The van der Waals surface area contributed by atoms with Crippen molar-refractivity contribution in [2.24, 2.45) is 0 Å². The molecule has 1 saturated heterocycles. The van der Waals surface area contributed by atoms with Gasteiger partial charge in [0.2, 0.25) is 5.91 Å². The van der Waals surface area contributed by atoms with Crippen molar-refractivity contribution >= 4 is 30.7 Å². The van der Waals surface area contributed by atoms with Crippen LogP contribution in [0.15, 0.2) is 18.2 Å². The monoisotopic (exact) mass is 365 g/mol. The summed E-state index contributed by atoms with van der Waals surface area (Å²) < 4.78 is 10.4. The fraction of sp³-hybridized carbons (Fsp3) is 0.533. The Morgan fingerprint density at radius 1 is 1.17 bits per heavy atom. The van der Waals surface area contributed by atoms with Crippen molar-refractivity contribution in [2.75, 3.05) is 46.9 Å². The molecule has 1 fully saturated rings. The lowest BCUT2D eigenvalue weighted by Crippen LogP contribution is -2.47. The van der Waals surface area contributed by atoms with Crippen LogP contribution in [-0.4, -0.2) is 57.8 Å². The van der Waals surface area contributed by atoms with Crippen LogP contribution in [0.4, 0.5) is 0 Å². The van der Waals surface area contributed by atoms with Crippen LogP contribution in [0.2, 0.25) is 0 Å². The smallest absolute Gasteiger partial charge is 0.234 e. The second-order valence-electron chi connectivity index (χ2n) is 4.99. The van der Waals surface area contributed by atoms with Crippen LogP contribution in [0, 0.1) is 0 Å². The number of rotatable bonds is 6. The van der Waals surface area contributed by atoms with Gasteiger partial charge in [-0.1, -0.05) is 6.07 Å². The maximum atomic E-state index is 11.9. The van der Waals surface area contributed by atoms with Gasteiger partial charge in [0, 0.05) is 32.7 Å². The van der Waals surface area contributed by atoms with Crippen molar-refractivity contribution in [1.82, 2.24) is 15.5 Å². The minimum Gasteiger partial charge on any atom is -0.493 e. The maximum absolute atomic E-state index is 11.9. The number of piperazine rings is 1. The summed E-state index contributed by atoms with van der Waals surface area (Å²) >= 11 is 0. The largest absolute Gasteiger partial charge is 0.493 e. The van der Waals surface area contributed by atoms with Crippen LogP contribution in [0.5, 0.6) is 11.5 Å². The van der Waals surface area contributed by atoms with Gasteiger partial charge in [-0.05, 0) is 17.7 Å². The van der Waals surface area contributed by atoms with Crippen molar-refractivity contribution < 1.29 is 14.3 Å². The number of nitrogens with one attached hydrogen (secondary N) is 2. The molecule has 0 aliphatic carbocycles. The van der Waals surface area contributed by atoms with E-state index in [1.807, 2.05) is 18.2 Å². The number of hydrogen-bond acceptors (Lipinski definition) is 5. The van der Waals surface area contributed by atoms with E-state index < -0.39 is 0 Å². The van der Waals surface area contributed by atoms with Gasteiger partial charge in [-0.25, -0.2) is 0 Å². The van der Waals surface area contributed by atoms with Gasteiger partial charge < -0.3 is 20.1 Å². The molecule has 1 aromatic rings. The number of methoxy groups -OCH3 is 2. The van der Waals surface area contributed by atoms with Crippen molar-refractivity contribution in [3.8, 4) is 11.5 Å². The minimum absolute atomic E-state index is 0. The van der Waals surface area contributed by atoms with E-state index in [9.17, 15) is 4.79 Å². The number of carbonyl (C=O) groups is 1. The third-order valence-electron chi connectivity index (χ3n) is 3.51. The summed E-state index contributed by atoms with van der Waals surface area (Å²) in [5.74, 6) is 1.41. The van der Waals surface area contributed by atoms with E-state index in [2.05, 4.69) is 15.5 Å². The Bertz CT molecular complexity index is 483. The molecule has 132 valence electrons. The zero-order valence-corrected chi connectivity index (χ0v) is 15.1. The molecule has 1 heterocycles. The van der Waals surface area contributed by atoms with Crippen molar-refractivity contribution in [1.29, 1.82) is 0 Å². The average Bonchev–Trinajstić information content (AvgIpc) is 2.53. The highest BCUT2D eigenvalue weighted by Gasteiger charge is 2.13. The Hall–Kier alpha value is -1.21. The van der Waals surface area contributed by atoms with E-state index in [4.69, 9.17) is 9.47 Å². The first-order valence-electron chi connectivity index (χ1n) is 7.13. The molecule has 8 heteroatoms. The first-order valence-corrected chi connectivity index (χ1v) is 7.13. The average molecular weight is 366 g/mol. The highest BCUT2D eigenvalue weighted by molar-refractivity contribution is 5.85. The Balaban J connectivity index is 0.00000242. The standard InChI is InChI=1S/C15H23N3O3.2ClH/c1-20-13-4-3-12(9-14(13)21-2)10-17-15(19)11-18-7-5-16-6-8-18;;/h3-4,9,16H,5-8,10-11H2,1-2H3,(H,17,19);2*1H. The van der Waals surface area contributed by atoms with Gasteiger partial charge in [0.1, 0.15) is 0 Å². The molecule has 2 N–H and O–H groups in total. The highest BCUT2D eigenvalue weighted by atomic mass is 35.5. The van der Waals surface area contributed by atoms with Gasteiger partial charge in [-0.2, -0.15) is 0 Å². The number of halogens is 2. The molecular formula is C15H25Cl2N3O3. The maximum Gasteiger partial charge on any atom is 0.234 e. The van der Waals surface area contributed by atoms with Crippen LogP contribution in [-0.2, 0) is 11.3 Å². The molecule has 0 saturated carbocycles. The number of carbonyl (C=O) groups excluding carboxylic acids is 1. The number of benzene rings is 1. The second kappa shape index (κ2) is 11.3. The van der Waals surface area contributed by atoms with Crippen molar-refractivity contribution in [3.63, 3.8) is 0 Å². The summed E-state index contributed by atoms with van der Waals surface area (Å²) in [4.78, 5) is 14.1. The fourth-order valence-electron chi connectivity index (χ4n) is 2.32. The minimum atomic E-state index is 0. The summed E-state index contributed by atoms with van der Waals surface area (Å²) in [6.07, 6.45) is 0. The molecule has 0 unspecified atom stereocenters. The first kappa shape index (κ1) is 21.8. The van der Waals surface area contributed by atoms with E-state index in [0.717, 1.165) is 31.7 Å². The number of hydrogen-bond donors (Lipinski definition) is 2. The molecular weight excluding hydrogens is 341 g/mol. The molecule has 1 amide bonds. The molecule has 2 rings (SSSR count). The van der Waals surface area contributed by atoms with Crippen LogP contribution in [0.3, 0.4) is 0 Å². The summed E-state index contributed by atoms with van der Waals surface area (Å²) in [5.41, 5.74) is 0.987. The third kappa shape index (κ3) is 6.83. The molecule has 6 nitrogen and oxygen atoms in total. The molecule has 0 spiro atoms. The normalized spacial score (nSPS) is 14.2. The molecule has 0 radical (unpaired) electrons.